The first kappa shape index (κ1) is 12.6. The maximum Gasteiger partial charge on any atom is 0.180 e. The predicted octanol–water partition coefficient (Wildman–Crippen LogP) is 1.84. The third kappa shape index (κ3) is 3.98. The molecule has 0 saturated carbocycles. The Morgan fingerprint density at radius 2 is 2.50 bits per heavy atom. The number of nitrogens with two attached hydrogens (primary N) is 1. The van der Waals surface area contributed by atoms with Crippen LogP contribution >= 0.6 is 11.3 Å². The van der Waals surface area contributed by atoms with E-state index < -0.39 is 0 Å². The molecular formula is C10H15N3O2S. The highest BCUT2D eigenvalue weighted by Gasteiger charge is 2.07. The summed E-state index contributed by atoms with van der Waals surface area (Å²) in [5.41, 5.74) is 6.11. The van der Waals surface area contributed by atoms with Crippen LogP contribution in [0.3, 0.4) is 0 Å². The van der Waals surface area contributed by atoms with Crippen molar-refractivity contribution >= 4 is 28.5 Å². The van der Waals surface area contributed by atoms with E-state index in [4.69, 9.17) is 10.6 Å². The molecule has 16 heavy (non-hydrogen) atoms. The molecule has 0 amide bonds. The smallest absolute Gasteiger partial charge is 0.180 e. The van der Waals surface area contributed by atoms with Crippen molar-refractivity contribution in [3.05, 3.63) is 11.1 Å². The molecule has 1 aromatic rings. The number of nitrogens with zero attached hydrogens (tertiary/aromatic N) is 2. The number of aromatic nitrogens is 1. The quantitative estimate of drug-likeness (QED) is 0.342. The number of rotatable bonds is 7. The average molecular weight is 241 g/mol. The summed E-state index contributed by atoms with van der Waals surface area (Å²) < 4.78 is 0. The monoisotopic (exact) mass is 241 g/mol. The van der Waals surface area contributed by atoms with Crippen LogP contribution in [0, 0.1) is 0 Å². The summed E-state index contributed by atoms with van der Waals surface area (Å²) >= 11 is 1.27. The van der Waals surface area contributed by atoms with Crippen molar-refractivity contribution in [1.82, 2.24) is 4.98 Å². The standard InChI is InChI=1S/C10H15N3O2S/c1-2-3-4-5-15-13-8(6-14)9-7-16-10(11)12-9/h6-7H,2-5H2,1H3,(H2,11,12). The Hall–Kier alpha value is -1.43. The number of carbonyl (C=O) groups excluding carboxylic acids is 1. The highest BCUT2D eigenvalue weighted by molar-refractivity contribution is 7.13. The third-order valence-corrected chi connectivity index (χ3v) is 2.57. The predicted molar refractivity (Wildman–Crippen MR) is 64.6 cm³/mol. The highest BCUT2D eigenvalue weighted by Crippen LogP contribution is 2.11. The van der Waals surface area contributed by atoms with Crippen LogP contribution in [0.15, 0.2) is 10.5 Å². The van der Waals surface area contributed by atoms with Crippen LogP contribution < -0.4 is 5.73 Å². The molecule has 1 aromatic heterocycles. The summed E-state index contributed by atoms with van der Waals surface area (Å²) in [5.74, 6) is 0. The second-order valence-corrected chi connectivity index (χ2v) is 4.10. The fraction of sp³-hybridized carbons (Fsp3) is 0.500. The highest BCUT2D eigenvalue weighted by atomic mass is 32.1. The van der Waals surface area contributed by atoms with E-state index in [0.717, 1.165) is 19.3 Å². The number of hydrogen-bond acceptors (Lipinski definition) is 6. The number of carbonyl (C=O) groups is 1. The molecule has 0 spiro atoms. The van der Waals surface area contributed by atoms with E-state index in [1.54, 1.807) is 5.38 Å². The molecule has 0 radical (unpaired) electrons. The maximum atomic E-state index is 10.7. The van der Waals surface area contributed by atoms with Gasteiger partial charge < -0.3 is 10.6 Å². The Kier molecular flexibility index (Phi) is 5.49. The molecule has 0 unspecified atom stereocenters. The lowest BCUT2D eigenvalue weighted by Crippen LogP contribution is -2.04. The fourth-order valence-corrected chi connectivity index (χ4v) is 1.62. The van der Waals surface area contributed by atoms with Gasteiger partial charge in [0.1, 0.15) is 12.3 Å². The maximum absolute atomic E-state index is 10.7. The van der Waals surface area contributed by atoms with Gasteiger partial charge in [0.05, 0.1) is 0 Å². The molecule has 1 heterocycles. The molecule has 0 aliphatic carbocycles. The zero-order valence-electron chi connectivity index (χ0n) is 9.18. The van der Waals surface area contributed by atoms with Crippen LogP contribution in [-0.4, -0.2) is 23.6 Å². The van der Waals surface area contributed by atoms with Crippen LogP contribution in [0.25, 0.3) is 0 Å². The molecule has 6 heteroatoms. The van der Waals surface area contributed by atoms with Gasteiger partial charge in [0.2, 0.25) is 0 Å². The second-order valence-electron chi connectivity index (χ2n) is 3.21. The molecule has 0 bridgehead atoms. The minimum absolute atomic E-state index is 0.185. The van der Waals surface area contributed by atoms with E-state index in [0.29, 0.717) is 23.7 Å². The molecule has 0 aromatic carbocycles. The minimum atomic E-state index is 0.185. The number of unbranched alkanes of at least 4 members (excludes halogenated alkanes) is 2. The Morgan fingerprint density at radius 1 is 1.69 bits per heavy atom. The third-order valence-electron chi connectivity index (χ3n) is 1.90. The molecule has 5 nitrogen and oxygen atoms in total. The summed E-state index contributed by atoms with van der Waals surface area (Å²) in [4.78, 5) is 19.7. The van der Waals surface area contributed by atoms with E-state index in [1.807, 2.05) is 0 Å². The number of thiazole rings is 1. The summed E-state index contributed by atoms with van der Waals surface area (Å²) in [6, 6.07) is 0. The summed E-state index contributed by atoms with van der Waals surface area (Å²) in [7, 11) is 0. The first-order valence-corrected chi connectivity index (χ1v) is 6.02. The number of anilines is 1. The molecule has 0 aliphatic rings. The van der Waals surface area contributed by atoms with Crippen molar-refractivity contribution in [2.45, 2.75) is 26.2 Å². The molecule has 1 rings (SSSR count). The first-order chi connectivity index (χ1) is 7.77. The Bertz CT molecular complexity index is 363. The first-order valence-electron chi connectivity index (χ1n) is 5.14. The molecule has 0 saturated heterocycles. The van der Waals surface area contributed by atoms with Crippen molar-refractivity contribution in [3.63, 3.8) is 0 Å². The summed E-state index contributed by atoms with van der Waals surface area (Å²) in [6.45, 7) is 2.63. The Balaban J connectivity index is 2.47. The van der Waals surface area contributed by atoms with Gasteiger partial charge in [-0.1, -0.05) is 24.9 Å². The summed E-state index contributed by atoms with van der Waals surface area (Å²) in [5, 5.41) is 5.83. The van der Waals surface area contributed by atoms with Gasteiger partial charge in [0.25, 0.3) is 0 Å². The van der Waals surface area contributed by atoms with E-state index >= 15 is 0 Å². The molecule has 2 N–H and O–H groups in total. The van der Waals surface area contributed by atoms with Crippen molar-refractivity contribution in [2.24, 2.45) is 5.16 Å². The Morgan fingerprint density at radius 3 is 3.06 bits per heavy atom. The van der Waals surface area contributed by atoms with Crippen molar-refractivity contribution in [1.29, 1.82) is 0 Å². The van der Waals surface area contributed by atoms with E-state index in [2.05, 4.69) is 17.1 Å². The zero-order chi connectivity index (χ0) is 11.8. The number of nitrogen functional groups attached to an aromatic ring is 1. The molecule has 0 fully saturated rings. The largest absolute Gasteiger partial charge is 0.395 e. The lowest BCUT2D eigenvalue weighted by molar-refractivity contribution is -0.102. The number of aldehydes is 1. The van der Waals surface area contributed by atoms with Crippen LogP contribution in [-0.2, 0) is 9.63 Å². The van der Waals surface area contributed by atoms with Gasteiger partial charge in [-0.2, -0.15) is 0 Å². The molecule has 0 aliphatic heterocycles. The zero-order valence-corrected chi connectivity index (χ0v) is 10.00. The lowest BCUT2D eigenvalue weighted by atomic mass is 10.3. The lowest BCUT2D eigenvalue weighted by Gasteiger charge is -1.98. The van der Waals surface area contributed by atoms with Crippen molar-refractivity contribution < 1.29 is 9.63 Å². The second kappa shape index (κ2) is 6.95. The molecule has 0 atom stereocenters. The fourth-order valence-electron chi connectivity index (χ4n) is 1.07. The minimum Gasteiger partial charge on any atom is -0.395 e. The molecule has 88 valence electrons. The van der Waals surface area contributed by atoms with Crippen molar-refractivity contribution in [2.75, 3.05) is 12.3 Å². The van der Waals surface area contributed by atoms with Crippen molar-refractivity contribution in [3.8, 4) is 0 Å². The van der Waals surface area contributed by atoms with Gasteiger partial charge in [-0.3, -0.25) is 4.79 Å². The van der Waals surface area contributed by atoms with Crippen LogP contribution in [0.4, 0.5) is 5.13 Å². The van der Waals surface area contributed by atoms with E-state index in [-0.39, 0.29) is 5.71 Å². The van der Waals surface area contributed by atoms with Gasteiger partial charge in [0.15, 0.2) is 17.1 Å². The van der Waals surface area contributed by atoms with E-state index in [9.17, 15) is 4.79 Å². The Labute approximate surface area is 98.3 Å². The number of hydrogen-bond donors (Lipinski definition) is 1. The topological polar surface area (TPSA) is 77.6 Å². The van der Waals surface area contributed by atoms with Gasteiger partial charge >= 0.3 is 0 Å². The average Bonchev–Trinajstić information content (AvgIpc) is 2.70. The van der Waals surface area contributed by atoms with Gasteiger partial charge in [-0.25, -0.2) is 4.98 Å². The van der Waals surface area contributed by atoms with Crippen LogP contribution in [0.2, 0.25) is 0 Å². The van der Waals surface area contributed by atoms with Gasteiger partial charge in [0, 0.05) is 5.38 Å². The van der Waals surface area contributed by atoms with Crippen LogP contribution in [0.1, 0.15) is 31.9 Å². The molecular weight excluding hydrogens is 226 g/mol. The summed E-state index contributed by atoms with van der Waals surface area (Å²) in [6.07, 6.45) is 3.77. The number of oxime groups is 1. The van der Waals surface area contributed by atoms with E-state index in [1.165, 1.54) is 11.3 Å². The SMILES string of the molecule is CCCCCON=C(C=O)c1csc(N)n1. The van der Waals surface area contributed by atoms with Crippen LogP contribution in [0.5, 0.6) is 0 Å². The van der Waals surface area contributed by atoms with Gasteiger partial charge in [-0.05, 0) is 6.42 Å². The van der Waals surface area contributed by atoms with Gasteiger partial charge in [-0.15, -0.1) is 11.3 Å². The normalized spacial score (nSPS) is 11.4.